The lowest BCUT2D eigenvalue weighted by atomic mass is 10.0. The number of hydrogen-bond acceptors (Lipinski definition) is 6. The molecule has 0 saturated heterocycles. The third kappa shape index (κ3) is 37.5. The molecular formula is C43H82O6. The second-order valence-electron chi connectivity index (χ2n) is 15.1. The highest BCUT2D eigenvalue weighted by Crippen LogP contribution is 2.15. The van der Waals surface area contributed by atoms with Gasteiger partial charge in [0.2, 0.25) is 0 Å². The van der Waals surface area contributed by atoms with Gasteiger partial charge in [-0.2, -0.15) is 0 Å². The monoisotopic (exact) mass is 695 g/mol. The molecule has 0 aliphatic carbocycles. The van der Waals surface area contributed by atoms with E-state index in [1.807, 2.05) is 0 Å². The van der Waals surface area contributed by atoms with Crippen molar-refractivity contribution in [1.29, 1.82) is 0 Å². The fourth-order valence-electron chi connectivity index (χ4n) is 6.27. The summed E-state index contributed by atoms with van der Waals surface area (Å²) in [5, 5.41) is 0. The van der Waals surface area contributed by atoms with Crippen LogP contribution >= 0.6 is 0 Å². The molecule has 6 nitrogen and oxygen atoms in total. The van der Waals surface area contributed by atoms with Gasteiger partial charge in [0.05, 0.1) is 0 Å². The zero-order valence-electron chi connectivity index (χ0n) is 33.1. The van der Waals surface area contributed by atoms with Crippen LogP contribution < -0.4 is 0 Å². The lowest BCUT2D eigenvalue weighted by Gasteiger charge is -2.18. The highest BCUT2D eigenvalue weighted by atomic mass is 16.6. The Bertz CT molecular complexity index is 736. The fraction of sp³-hybridized carbons (Fsp3) is 0.930. The van der Waals surface area contributed by atoms with E-state index in [4.69, 9.17) is 14.2 Å². The summed E-state index contributed by atoms with van der Waals surface area (Å²) in [5.74, 6) is -0.0727. The number of ether oxygens (including phenoxy) is 3. The summed E-state index contributed by atoms with van der Waals surface area (Å²) in [5.41, 5.74) is 0. The molecule has 290 valence electrons. The predicted molar refractivity (Wildman–Crippen MR) is 206 cm³/mol. The zero-order chi connectivity index (χ0) is 36.0. The van der Waals surface area contributed by atoms with Crippen molar-refractivity contribution >= 4 is 17.9 Å². The van der Waals surface area contributed by atoms with Crippen LogP contribution in [0.25, 0.3) is 0 Å². The van der Waals surface area contributed by atoms with Crippen LogP contribution in [-0.2, 0) is 28.6 Å². The Kier molecular flexibility index (Phi) is 36.4. The van der Waals surface area contributed by atoms with Crippen molar-refractivity contribution in [3.8, 4) is 0 Å². The van der Waals surface area contributed by atoms with Crippen LogP contribution in [0.4, 0.5) is 0 Å². The quantitative estimate of drug-likeness (QED) is 0.0364. The van der Waals surface area contributed by atoms with Crippen molar-refractivity contribution in [3.63, 3.8) is 0 Å². The Morgan fingerprint density at radius 2 is 0.673 bits per heavy atom. The summed E-state index contributed by atoms with van der Waals surface area (Å²) in [4.78, 5) is 37.5. The van der Waals surface area contributed by atoms with Crippen LogP contribution in [-0.4, -0.2) is 37.2 Å². The van der Waals surface area contributed by atoms with Crippen molar-refractivity contribution in [1.82, 2.24) is 0 Å². The van der Waals surface area contributed by atoms with Gasteiger partial charge in [0.15, 0.2) is 6.10 Å². The Labute approximate surface area is 304 Å². The van der Waals surface area contributed by atoms with E-state index in [1.165, 1.54) is 128 Å². The van der Waals surface area contributed by atoms with Gasteiger partial charge in [0.25, 0.3) is 0 Å². The normalized spacial score (nSPS) is 11.9. The first kappa shape index (κ1) is 47.4. The van der Waals surface area contributed by atoms with Gasteiger partial charge in [-0.15, -0.1) is 0 Å². The number of hydrogen-bond donors (Lipinski definition) is 0. The number of unbranched alkanes of at least 4 members (excludes halogenated alkanes) is 25. The molecule has 0 radical (unpaired) electrons. The summed E-state index contributed by atoms with van der Waals surface area (Å²) in [6.07, 6.45) is 35.3. The lowest BCUT2D eigenvalue weighted by Crippen LogP contribution is -2.30. The molecule has 0 aliphatic rings. The maximum absolute atomic E-state index is 12.6. The van der Waals surface area contributed by atoms with E-state index < -0.39 is 6.10 Å². The van der Waals surface area contributed by atoms with E-state index in [0.29, 0.717) is 19.3 Å². The van der Waals surface area contributed by atoms with Gasteiger partial charge in [0.1, 0.15) is 13.2 Å². The minimum atomic E-state index is -0.757. The molecule has 0 spiro atoms. The van der Waals surface area contributed by atoms with E-state index in [0.717, 1.165) is 63.7 Å². The maximum atomic E-state index is 12.6. The molecule has 0 unspecified atom stereocenters. The molecule has 0 aliphatic heterocycles. The molecule has 0 N–H and O–H groups in total. The van der Waals surface area contributed by atoms with Crippen LogP contribution in [0.5, 0.6) is 0 Å². The van der Waals surface area contributed by atoms with Crippen molar-refractivity contribution < 1.29 is 28.6 Å². The SMILES string of the molecule is CCCCCCCCCCCCCCCC(=O)OC[C@@H](COC(=O)CCCCCCCCC)OC(=O)CCCCCCCCCCC(C)C. The number of rotatable bonds is 38. The average Bonchev–Trinajstić information content (AvgIpc) is 3.08. The standard InChI is InChI=1S/C43H82O6/c1-5-7-9-11-13-14-15-16-17-18-23-27-31-35-42(45)48-38-40(37-47-41(44)34-30-26-21-12-10-8-6-2)49-43(46)36-32-28-24-20-19-22-25-29-33-39(3)4/h39-40H,5-38H2,1-4H3/t40-/m1/s1. The summed E-state index contributed by atoms with van der Waals surface area (Å²) in [6.45, 7) is 8.91. The molecule has 49 heavy (non-hydrogen) atoms. The van der Waals surface area contributed by atoms with Crippen LogP contribution in [0.3, 0.4) is 0 Å². The Morgan fingerprint density at radius 3 is 1.00 bits per heavy atom. The summed E-state index contributed by atoms with van der Waals surface area (Å²) >= 11 is 0. The first-order chi connectivity index (χ1) is 23.9. The van der Waals surface area contributed by atoms with Gasteiger partial charge in [-0.25, -0.2) is 0 Å². The molecule has 1 atom stereocenters. The largest absolute Gasteiger partial charge is 0.462 e. The molecule has 6 heteroatoms. The van der Waals surface area contributed by atoms with Crippen LogP contribution in [0.15, 0.2) is 0 Å². The smallest absolute Gasteiger partial charge is 0.306 e. The molecule has 0 aromatic carbocycles. The van der Waals surface area contributed by atoms with E-state index in [2.05, 4.69) is 27.7 Å². The highest BCUT2D eigenvalue weighted by Gasteiger charge is 2.19. The fourth-order valence-corrected chi connectivity index (χ4v) is 6.27. The second kappa shape index (κ2) is 37.7. The lowest BCUT2D eigenvalue weighted by molar-refractivity contribution is -0.167. The molecule has 0 rings (SSSR count). The summed E-state index contributed by atoms with van der Waals surface area (Å²) < 4.78 is 16.6. The molecule has 0 aromatic heterocycles. The van der Waals surface area contributed by atoms with E-state index in [9.17, 15) is 14.4 Å². The minimum Gasteiger partial charge on any atom is -0.462 e. The average molecular weight is 695 g/mol. The Balaban J connectivity index is 4.29. The molecular weight excluding hydrogens is 612 g/mol. The number of esters is 3. The minimum absolute atomic E-state index is 0.0649. The number of carbonyl (C=O) groups is 3. The van der Waals surface area contributed by atoms with Crippen molar-refractivity contribution in [2.75, 3.05) is 13.2 Å². The van der Waals surface area contributed by atoms with Crippen LogP contribution in [0.1, 0.15) is 233 Å². The third-order valence-corrected chi connectivity index (χ3v) is 9.54. The highest BCUT2D eigenvalue weighted by molar-refractivity contribution is 5.71. The second-order valence-corrected chi connectivity index (χ2v) is 15.1. The first-order valence-electron chi connectivity index (χ1n) is 21.4. The molecule has 0 aromatic rings. The van der Waals surface area contributed by atoms with E-state index in [1.54, 1.807) is 0 Å². The number of carbonyl (C=O) groups excluding carboxylic acids is 3. The zero-order valence-corrected chi connectivity index (χ0v) is 33.1. The molecule has 0 fully saturated rings. The van der Waals surface area contributed by atoms with Crippen molar-refractivity contribution in [2.24, 2.45) is 5.92 Å². The van der Waals surface area contributed by atoms with Gasteiger partial charge in [-0.05, 0) is 25.2 Å². The van der Waals surface area contributed by atoms with Crippen molar-refractivity contribution in [3.05, 3.63) is 0 Å². The van der Waals surface area contributed by atoms with Gasteiger partial charge in [0, 0.05) is 19.3 Å². The van der Waals surface area contributed by atoms with Crippen molar-refractivity contribution in [2.45, 2.75) is 239 Å². The van der Waals surface area contributed by atoms with Crippen LogP contribution in [0.2, 0.25) is 0 Å². The Hall–Kier alpha value is -1.59. The first-order valence-corrected chi connectivity index (χ1v) is 21.4. The van der Waals surface area contributed by atoms with E-state index in [-0.39, 0.29) is 31.1 Å². The molecule has 0 bridgehead atoms. The van der Waals surface area contributed by atoms with Gasteiger partial charge in [-0.1, -0.05) is 195 Å². The van der Waals surface area contributed by atoms with Gasteiger partial charge in [-0.3, -0.25) is 14.4 Å². The summed E-state index contributed by atoms with van der Waals surface area (Å²) in [7, 11) is 0. The third-order valence-electron chi connectivity index (χ3n) is 9.54. The van der Waals surface area contributed by atoms with E-state index >= 15 is 0 Å². The topological polar surface area (TPSA) is 78.9 Å². The molecule has 0 heterocycles. The molecule has 0 amide bonds. The van der Waals surface area contributed by atoms with Crippen LogP contribution in [0, 0.1) is 5.92 Å². The summed E-state index contributed by atoms with van der Waals surface area (Å²) in [6, 6.07) is 0. The van der Waals surface area contributed by atoms with Gasteiger partial charge < -0.3 is 14.2 Å². The predicted octanol–water partition coefficient (Wildman–Crippen LogP) is 13.2. The van der Waals surface area contributed by atoms with Gasteiger partial charge >= 0.3 is 17.9 Å². The molecule has 0 saturated carbocycles. The maximum Gasteiger partial charge on any atom is 0.306 e. The Morgan fingerprint density at radius 1 is 0.388 bits per heavy atom.